The fourth-order valence-electron chi connectivity index (χ4n) is 2.38. The number of nitrogens with one attached hydrogen (secondary N) is 1. The van der Waals surface area contributed by atoms with Crippen molar-refractivity contribution < 1.29 is 14.1 Å². The summed E-state index contributed by atoms with van der Waals surface area (Å²) in [4.78, 5) is 31.5. The highest BCUT2D eigenvalue weighted by molar-refractivity contribution is 8.18. The van der Waals surface area contributed by atoms with Gasteiger partial charge in [-0.3, -0.25) is 14.9 Å². The Morgan fingerprint density at radius 3 is 2.90 bits per heavy atom. The number of hydrogen-bond acceptors (Lipinski definition) is 8. The molecular formula is C19H12N4O4S2. The number of nitro benzene ring substituents is 1. The van der Waals surface area contributed by atoms with Crippen molar-refractivity contribution in [2.45, 2.75) is 10.1 Å². The lowest BCUT2D eigenvalue weighted by Crippen LogP contribution is -2.19. The Kier molecular flexibility index (Phi) is 5.45. The first-order chi connectivity index (χ1) is 14.1. The van der Waals surface area contributed by atoms with Crippen molar-refractivity contribution in [2.24, 2.45) is 4.99 Å². The molecule has 0 atom stereocenters. The van der Waals surface area contributed by atoms with Crippen LogP contribution in [0.25, 0.3) is 6.08 Å². The van der Waals surface area contributed by atoms with Crippen LogP contribution in [0, 0.1) is 10.1 Å². The number of amides is 1. The van der Waals surface area contributed by atoms with Gasteiger partial charge >= 0.3 is 0 Å². The van der Waals surface area contributed by atoms with Crippen molar-refractivity contribution in [1.29, 1.82) is 0 Å². The number of aromatic nitrogens is 1. The van der Waals surface area contributed by atoms with E-state index in [0.29, 0.717) is 26.6 Å². The molecule has 10 heteroatoms. The molecule has 4 rings (SSSR count). The maximum absolute atomic E-state index is 12.2. The minimum Gasteiger partial charge on any atom is -0.450 e. The molecule has 0 unspecified atom stereocenters. The molecule has 1 aromatic carbocycles. The largest absolute Gasteiger partial charge is 0.450 e. The fraction of sp³-hybridized carbons (Fsp3) is 0. The van der Waals surface area contributed by atoms with E-state index < -0.39 is 4.92 Å². The zero-order valence-electron chi connectivity index (χ0n) is 14.6. The van der Waals surface area contributed by atoms with Gasteiger partial charge in [0.15, 0.2) is 10.3 Å². The average Bonchev–Trinajstić information content (AvgIpc) is 3.29. The van der Waals surface area contributed by atoms with Gasteiger partial charge in [-0.05, 0) is 53.9 Å². The number of non-ortho nitro benzene ring substituents is 1. The zero-order valence-corrected chi connectivity index (χ0v) is 16.3. The number of amidine groups is 1. The maximum atomic E-state index is 12.2. The van der Waals surface area contributed by atoms with Crippen LogP contribution >= 0.6 is 23.5 Å². The van der Waals surface area contributed by atoms with Crippen LogP contribution in [0.15, 0.2) is 85.2 Å². The Morgan fingerprint density at radius 1 is 1.21 bits per heavy atom. The Labute approximate surface area is 173 Å². The first-order valence-corrected chi connectivity index (χ1v) is 9.93. The molecule has 2 aromatic heterocycles. The van der Waals surface area contributed by atoms with Gasteiger partial charge in [0, 0.05) is 24.4 Å². The second-order valence-corrected chi connectivity index (χ2v) is 7.74. The molecule has 1 saturated heterocycles. The van der Waals surface area contributed by atoms with Gasteiger partial charge in [0.2, 0.25) is 0 Å². The number of rotatable bonds is 5. The summed E-state index contributed by atoms with van der Waals surface area (Å²) in [6.07, 6.45) is 3.33. The van der Waals surface area contributed by atoms with Crippen molar-refractivity contribution in [3.05, 3.63) is 81.6 Å². The molecule has 0 aliphatic carbocycles. The predicted molar refractivity (Wildman–Crippen MR) is 111 cm³/mol. The Hall–Kier alpha value is -3.37. The van der Waals surface area contributed by atoms with E-state index in [2.05, 4.69) is 15.3 Å². The highest BCUT2D eigenvalue weighted by Crippen LogP contribution is 2.32. The van der Waals surface area contributed by atoms with Crippen LogP contribution in [0.4, 0.5) is 11.4 Å². The molecule has 29 heavy (non-hydrogen) atoms. The third-order valence-electron chi connectivity index (χ3n) is 3.64. The molecule has 1 amide bonds. The smallest absolute Gasteiger partial charge is 0.271 e. The van der Waals surface area contributed by atoms with Gasteiger partial charge in [0.25, 0.3) is 11.6 Å². The number of carbonyl (C=O) groups excluding carboxylic acids is 1. The highest BCUT2D eigenvalue weighted by atomic mass is 32.2. The summed E-state index contributed by atoms with van der Waals surface area (Å²) in [5, 5.41) is 15.3. The van der Waals surface area contributed by atoms with Crippen molar-refractivity contribution >= 4 is 52.0 Å². The monoisotopic (exact) mass is 424 g/mol. The van der Waals surface area contributed by atoms with E-state index in [1.54, 1.807) is 36.5 Å². The molecule has 144 valence electrons. The molecule has 1 fully saturated rings. The van der Waals surface area contributed by atoms with Crippen LogP contribution in [-0.2, 0) is 4.79 Å². The van der Waals surface area contributed by atoms with Crippen molar-refractivity contribution in [1.82, 2.24) is 10.3 Å². The van der Waals surface area contributed by atoms with Gasteiger partial charge in [0.1, 0.15) is 10.8 Å². The van der Waals surface area contributed by atoms with Gasteiger partial charge in [-0.1, -0.05) is 12.1 Å². The first-order valence-electron chi connectivity index (χ1n) is 8.29. The van der Waals surface area contributed by atoms with Crippen molar-refractivity contribution in [3.63, 3.8) is 0 Å². The van der Waals surface area contributed by atoms with Crippen LogP contribution in [0.1, 0.15) is 5.76 Å². The van der Waals surface area contributed by atoms with Gasteiger partial charge in [-0.25, -0.2) is 9.98 Å². The number of furan rings is 1. The van der Waals surface area contributed by atoms with Crippen LogP contribution in [0.2, 0.25) is 0 Å². The molecule has 1 aliphatic rings. The zero-order chi connectivity index (χ0) is 20.2. The minimum atomic E-state index is -0.493. The summed E-state index contributed by atoms with van der Waals surface area (Å²) in [6.45, 7) is 0. The number of pyridine rings is 1. The quantitative estimate of drug-likeness (QED) is 0.361. The standard InChI is InChI=1S/C19H12N4O4S2/c24-18-15(11-14-7-8-17(27-14)29-16-6-1-2-9-20-16)28-19(22-18)21-12-4-3-5-13(10-12)23(25)26/h1-11H,(H,21,22,24)/b15-11-. The summed E-state index contributed by atoms with van der Waals surface area (Å²) in [5.41, 5.74) is 0.320. The third kappa shape index (κ3) is 4.73. The summed E-state index contributed by atoms with van der Waals surface area (Å²) in [5.74, 6) is 0.215. The van der Waals surface area contributed by atoms with E-state index in [-0.39, 0.29) is 11.6 Å². The predicted octanol–water partition coefficient (Wildman–Crippen LogP) is 4.63. The average molecular weight is 424 g/mol. The molecule has 1 aliphatic heterocycles. The second-order valence-electron chi connectivity index (χ2n) is 5.69. The number of carbonyl (C=O) groups is 1. The van der Waals surface area contributed by atoms with E-state index in [9.17, 15) is 14.9 Å². The SMILES string of the molecule is O=C1NC(=Nc2cccc([N+](=O)[O-])c2)S/C1=C\c1ccc(Sc2ccccn2)o1. The van der Waals surface area contributed by atoms with Crippen molar-refractivity contribution in [2.75, 3.05) is 0 Å². The van der Waals surface area contributed by atoms with Gasteiger partial charge in [-0.15, -0.1) is 0 Å². The first kappa shape index (κ1) is 19.0. The van der Waals surface area contributed by atoms with Crippen LogP contribution < -0.4 is 5.32 Å². The van der Waals surface area contributed by atoms with E-state index >= 15 is 0 Å². The lowest BCUT2D eigenvalue weighted by atomic mass is 10.3. The molecule has 0 bridgehead atoms. The number of aliphatic imine (C=N–C) groups is 1. The molecule has 8 nitrogen and oxygen atoms in total. The number of thioether (sulfide) groups is 1. The number of hydrogen-bond donors (Lipinski definition) is 1. The molecule has 0 saturated carbocycles. The Morgan fingerprint density at radius 2 is 2.10 bits per heavy atom. The van der Waals surface area contributed by atoms with E-state index in [4.69, 9.17) is 4.42 Å². The lowest BCUT2D eigenvalue weighted by Gasteiger charge is -1.96. The molecule has 0 radical (unpaired) electrons. The topological polar surface area (TPSA) is 111 Å². The molecule has 1 N–H and O–H groups in total. The molecular weight excluding hydrogens is 412 g/mol. The van der Waals surface area contributed by atoms with E-state index in [0.717, 1.165) is 16.8 Å². The fourth-order valence-corrected chi connectivity index (χ4v) is 3.94. The third-order valence-corrected chi connectivity index (χ3v) is 5.42. The van der Waals surface area contributed by atoms with Crippen LogP contribution in [-0.4, -0.2) is 21.0 Å². The van der Waals surface area contributed by atoms with E-state index in [1.165, 1.54) is 23.9 Å². The minimum absolute atomic E-state index is 0.0644. The molecule has 3 aromatic rings. The van der Waals surface area contributed by atoms with E-state index in [1.807, 2.05) is 18.2 Å². The number of nitro groups is 1. The van der Waals surface area contributed by atoms with Gasteiger partial charge < -0.3 is 9.73 Å². The summed E-state index contributed by atoms with van der Waals surface area (Å²) >= 11 is 2.52. The Bertz CT molecular complexity index is 1140. The second kappa shape index (κ2) is 8.33. The van der Waals surface area contributed by atoms with Crippen LogP contribution in [0.5, 0.6) is 0 Å². The lowest BCUT2D eigenvalue weighted by molar-refractivity contribution is -0.384. The van der Waals surface area contributed by atoms with Crippen LogP contribution in [0.3, 0.4) is 0 Å². The normalized spacial score (nSPS) is 16.3. The Balaban J connectivity index is 1.49. The summed E-state index contributed by atoms with van der Waals surface area (Å²) < 4.78 is 5.73. The molecule has 3 heterocycles. The van der Waals surface area contributed by atoms with Crippen molar-refractivity contribution in [3.8, 4) is 0 Å². The summed E-state index contributed by atoms with van der Waals surface area (Å²) in [6, 6.07) is 15.1. The van der Waals surface area contributed by atoms with Gasteiger partial charge in [-0.2, -0.15) is 0 Å². The molecule has 0 spiro atoms. The maximum Gasteiger partial charge on any atom is 0.271 e. The van der Waals surface area contributed by atoms with Gasteiger partial charge in [0.05, 0.1) is 15.5 Å². The summed E-state index contributed by atoms with van der Waals surface area (Å²) in [7, 11) is 0. The number of nitrogens with zero attached hydrogens (tertiary/aromatic N) is 3. The number of benzene rings is 1. The highest BCUT2D eigenvalue weighted by Gasteiger charge is 2.24.